The van der Waals surface area contributed by atoms with Crippen molar-refractivity contribution in [1.29, 1.82) is 0 Å². The van der Waals surface area contributed by atoms with Gasteiger partial charge in [-0.1, -0.05) is 50.5 Å². The molecule has 5 nitrogen and oxygen atoms in total. The van der Waals surface area contributed by atoms with Crippen molar-refractivity contribution in [1.82, 2.24) is 4.98 Å². The molecule has 0 unspecified atom stereocenters. The van der Waals surface area contributed by atoms with Gasteiger partial charge in [-0.3, -0.25) is 0 Å². The topological polar surface area (TPSA) is 66.6 Å². The summed E-state index contributed by atoms with van der Waals surface area (Å²) in [5.41, 5.74) is 2.06. The number of carboxylic acids is 1. The second-order valence-corrected chi connectivity index (χ2v) is 8.15. The molecule has 0 bridgehead atoms. The van der Waals surface area contributed by atoms with Gasteiger partial charge in [0.25, 0.3) is 6.01 Å². The third-order valence-corrected chi connectivity index (χ3v) is 5.94. The van der Waals surface area contributed by atoms with Crippen molar-refractivity contribution in [3.05, 3.63) is 54.1 Å². The Balaban J connectivity index is 1.60. The van der Waals surface area contributed by atoms with Gasteiger partial charge in [0.05, 0.1) is 5.56 Å². The highest BCUT2D eigenvalue weighted by atomic mass is 32.2. The van der Waals surface area contributed by atoms with Crippen LogP contribution in [0, 0.1) is 0 Å². The lowest BCUT2D eigenvalue weighted by Crippen LogP contribution is -2.26. The zero-order valence-corrected chi connectivity index (χ0v) is 17.7. The SMILES string of the molecule is CCCCCCN(CCCSc1ccccc1C(=O)O)c1nc2ccccc2o1. The van der Waals surface area contributed by atoms with Crippen LogP contribution in [0.15, 0.2) is 57.8 Å². The molecule has 1 N–H and O–H groups in total. The number of thioether (sulfide) groups is 1. The van der Waals surface area contributed by atoms with Crippen LogP contribution < -0.4 is 4.90 Å². The van der Waals surface area contributed by atoms with Crippen LogP contribution in [-0.4, -0.2) is 34.9 Å². The van der Waals surface area contributed by atoms with Crippen molar-refractivity contribution in [2.45, 2.75) is 43.9 Å². The molecular formula is C23H28N2O3S. The molecular weight excluding hydrogens is 384 g/mol. The molecule has 3 aromatic rings. The summed E-state index contributed by atoms with van der Waals surface area (Å²) in [6.45, 7) is 3.97. The second kappa shape index (κ2) is 10.9. The summed E-state index contributed by atoms with van der Waals surface area (Å²) in [7, 11) is 0. The smallest absolute Gasteiger partial charge is 0.336 e. The van der Waals surface area contributed by atoms with Crippen molar-refractivity contribution in [3.63, 3.8) is 0 Å². The van der Waals surface area contributed by atoms with E-state index in [0.717, 1.165) is 47.7 Å². The molecule has 2 aromatic carbocycles. The maximum Gasteiger partial charge on any atom is 0.336 e. The van der Waals surface area contributed by atoms with Gasteiger partial charge in [0, 0.05) is 18.0 Å². The summed E-state index contributed by atoms with van der Waals surface area (Å²) in [6, 6.07) is 15.7. The number of oxazole rings is 1. The summed E-state index contributed by atoms with van der Waals surface area (Å²) in [5, 5.41) is 9.33. The number of para-hydroxylation sites is 2. The molecule has 0 saturated carbocycles. The highest BCUT2D eigenvalue weighted by Gasteiger charge is 2.14. The van der Waals surface area contributed by atoms with Gasteiger partial charge in [-0.2, -0.15) is 4.98 Å². The first-order valence-corrected chi connectivity index (χ1v) is 11.2. The predicted octanol–water partition coefficient (Wildman–Crippen LogP) is 6.10. The van der Waals surface area contributed by atoms with E-state index in [1.807, 2.05) is 36.4 Å². The monoisotopic (exact) mass is 412 g/mol. The number of unbranched alkanes of at least 4 members (excludes halogenated alkanes) is 3. The van der Waals surface area contributed by atoms with E-state index in [2.05, 4.69) is 16.8 Å². The van der Waals surface area contributed by atoms with Gasteiger partial charge in [-0.15, -0.1) is 11.8 Å². The van der Waals surface area contributed by atoms with Crippen LogP contribution in [0.25, 0.3) is 11.1 Å². The van der Waals surface area contributed by atoms with Crippen LogP contribution in [0.3, 0.4) is 0 Å². The zero-order chi connectivity index (χ0) is 20.5. The van der Waals surface area contributed by atoms with E-state index in [0.29, 0.717) is 11.6 Å². The van der Waals surface area contributed by atoms with Crippen LogP contribution in [0.4, 0.5) is 6.01 Å². The van der Waals surface area contributed by atoms with Gasteiger partial charge in [-0.25, -0.2) is 4.79 Å². The molecule has 0 amide bonds. The van der Waals surface area contributed by atoms with E-state index < -0.39 is 5.97 Å². The minimum atomic E-state index is -0.878. The molecule has 0 radical (unpaired) electrons. The summed E-state index contributed by atoms with van der Waals surface area (Å²) >= 11 is 1.59. The summed E-state index contributed by atoms with van der Waals surface area (Å²) in [6.07, 6.45) is 5.69. The molecule has 154 valence electrons. The van der Waals surface area contributed by atoms with Crippen LogP contribution in [0.2, 0.25) is 0 Å². The Hall–Kier alpha value is -2.47. The first kappa shape index (κ1) is 21.2. The molecule has 29 heavy (non-hydrogen) atoms. The molecule has 1 heterocycles. The average Bonchev–Trinajstić information content (AvgIpc) is 3.17. The molecule has 1 aromatic heterocycles. The third kappa shape index (κ3) is 6.00. The molecule has 3 rings (SSSR count). The quantitative estimate of drug-likeness (QED) is 0.287. The van der Waals surface area contributed by atoms with Gasteiger partial charge < -0.3 is 14.4 Å². The number of fused-ring (bicyclic) bond motifs is 1. The Morgan fingerprint density at radius 3 is 2.59 bits per heavy atom. The number of nitrogens with zero attached hydrogens (tertiary/aromatic N) is 2. The maximum atomic E-state index is 11.4. The van der Waals surface area contributed by atoms with Gasteiger partial charge in [0.2, 0.25) is 0 Å². The van der Waals surface area contributed by atoms with E-state index in [4.69, 9.17) is 4.42 Å². The number of hydrogen-bond acceptors (Lipinski definition) is 5. The standard InChI is InChI=1S/C23H28N2O3S/c1-2-3-4-9-15-25(23-24-19-12-6-7-13-20(19)28-23)16-10-17-29-21-14-8-5-11-18(21)22(26)27/h5-8,11-14H,2-4,9-10,15-17H2,1H3,(H,26,27). The molecule has 0 aliphatic carbocycles. The number of hydrogen-bond donors (Lipinski definition) is 1. The number of carboxylic acid groups (broad SMARTS) is 1. The molecule has 6 heteroatoms. The minimum absolute atomic E-state index is 0.368. The lowest BCUT2D eigenvalue weighted by Gasteiger charge is -2.20. The Morgan fingerprint density at radius 2 is 1.79 bits per heavy atom. The van der Waals surface area contributed by atoms with Gasteiger partial charge in [0.1, 0.15) is 5.52 Å². The van der Waals surface area contributed by atoms with Crippen molar-refractivity contribution in [2.75, 3.05) is 23.7 Å². The van der Waals surface area contributed by atoms with Gasteiger partial charge in [0.15, 0.2) is 5.58 Å². The van der Waals surface area contributed by atoms with Crippen LogP contribution in [0.1, 0.15) is 49.4 Å². The summed E-state index contributed by atoms with van der Waals surface area (Å²) in [5.74, 6) is -0.0344. The fraction of sp³-hybridized carbons (Fsp3) is 0.391. The third-order valence-electron chi connectivity index (χ3n) is 4.78. The molecule has 0 spiro atoms. The molecule has 0 aliphatic rings. The van der Waals surface area contributed by atoms with Crippen molar-refractivity contribution >= 4 is 34.8 Å². The Bertz CT molecular complexity index is 892. The fourth-order valence-corrected chi connectivity index (χ4v) is 4.21. The molecule has 0 atom stereocenters. The molecule has 0 saturated heterocycles. The average molecular weight is 413 g/mol. The number of rotatable bonds is 12. The normalized spacial score (nSPS) is 11.1. The van der Waals surface area contributed by atoms with E-state index in [9.17, 15) is 9.90 Å². The van der Waals surface area contributed by atoms with Gasteiger partial charge in [-0.05, 0) is 42.9 Å². The first-order chi connectivity index (χ1) is 14.2. The highest BCUT2D eigenvalue weighted by molar-refractivity contribution is 7.99. The second-order valence-electron chi connectivity index (χ2n) is 7.02. The first-order valence-electron chi connectivity index (χ1n) is 10.2. The van der Waals surface area contributed by atoms with E-state index in [1.165, 1.54) is 19.3 Å². The Kier molecular flexibility index (Phi) is 7.99. The Morgan fingerprint density at radius 1 is 1.03 bits per heavy atom. The van der Waals surface area contributed by atoms with E-state index in [-0.39, 0.29) is 0 Å². The molecule has 0 aliphatic heterocycles. The number of carbonyl (C=O) groups is 1. The highest BCUT2D eigenvalue weighted by Crippen LogP contribution is 2.25. The van der Waals surface area contributed by atoms with Crippen molar-refractivity contribution in [2.24, 2.45) is 0 Å². The fourth-order valence-electron chi connectivity index (χ4n) is 3.23. The lowest BCUT2D eigenvalue weighted by atomic mass is 10.2. The predicted molar refractivity (Wildman–Crippen MR) is 119 cm³/mol. The number of aromatic nitrogens is 1. The molecule has 0 fully saturated rings. The largest absolute Gasteiger partial charge is 0.478 e. The minimum Gasteiger partial charge on any atom is -0.478 e. The van der Waals surface area contributed by atoms with Crippen LogP contribution >= 0.6 is 11.8 Å². The van der Waals surface area contributed by atoms with Crippen molar-refractivity contribution in [3.8, 4) is 0 Å². The number of aromatic carboxylic acids is 1. The summed E-state index contributed by atoms with van der Waals surface area (Å²) < 4.78 is 5.98. The summed E-state index contributed by atoms with van der Waals surface area (Å²) in [4.78, 5) is 19.1. The van der Waals surface area contributed by atoms with Gasteiger partial charge >= 0.3 is 5.97 Å². The maximum absolute atomic E-state index is 11.4. The van der Waals surface area contributed by atoms with Crippen molar-refractivity contribution < 1.29 is 14.3 Å². The number of anilines is 1. The van der Waals surface area contributed by atoms with Crippen LogP contribution in [0.5, 0.6) is 0 Å². The Labute approximate surface area is 176 Å². The lowest BCUT2D eigenvalue weighted by molar-refractivity contribution is 0.0693. The number of benzene rings is 2. The zero-order valence-electron chi connectivity index (χ0n) is 16.8. The van der Waals surface area contributed by atoms with E-state index >= 15 is 0 Å². The van der Waals surface area contributed by atoms with E-state index in [1.54, 1.807) is 23.9 Å². The van der Waals surface area contributed by atoms with Crippen LogP contribution in [-0.2, 0) is 0 Å².